The first kappa shape index (κ1) is 22.0. The van der Waals surface area contributed by atoms with E-state index in [0.29, 0.717) is 34.0 Å². The molecule has 5 nitrogen and oxygen atoms in total. The van der Waals surface area contributed by atoms with Crippen LogP contribution in [0, 0.1) is 12.7 Å². The Hall–Kier alpha value is -2.70. The largest absolute Gasteiger partial charge is 0.491 e. The van der Waals surface area contributed by atoms with Crippen molar-refractivity contribution >= 4 is 29.1 Å². The second kappa shape index (κ2) is 9.41. The van der Waals surface area contributed by atoms with E-state index < -0.39 is 5.82 Å². The number of aryl methyl sites for hydroxylation is 1. The number of nitrogens with zero attached hydrogens (tertiary/aromatic N) is 3. The summed E-state index contributed by atoms with van der Waals surface area (Å²) >= 11 is 12.1. The maximum atomic E-state index is 13.7. The van der Waals surface area contributed by atoms with Crippen molar-refractivity contribution in [1.82, 2.24) is 14.9 Å². The van der Waals surface area contributed by atoms with E-state index >= 15 is 0 Å². The van der Waals surface area contributed by atoms with Gasteiger partial charge in [-0.3, -0.25) is 14.8 Å². The molecule has 0 saturated carbocycles. The first-order valence-electron chi connectivity index (χ1n) is 9.17. The predicted molar refractivity (Wildman–Crippen MR) is 116 cm³/mol. The Morgan fingerprint density at radius 1 is 1.13 bits per heavy atom. The molecule has 3 rings (SSSR count). The number of aromatic nitrogens is 2. The van der Waals surface area contributed by atoms with E-state index in [9.17, 15) is 9.18 Å². The van der Waals surface area contributed by atoms with Gasteiger partial charge in [0.1, 0.15) is 11.6 Å². The highest BCUT2D eigenvalue weighted by Crippen LogP contribution is 2.29. The van der Waals surface area contributed by atoms with Gasteiger partial charge in [-0.1, -0.05) is 23.2 Å². The Bertz CT molecular complexity index is 1090. The molecule has 0 spiro atoms. The lowest BCUT2D eigenvalue weighted by atomic mass is 10.1. The molecule has 0 radical (unpaired) electrons. The summed E-state index contributed by atoms with van der Waals surface area (Å²) in [5.74, 6) is -0.0826. The second-order valence-corrected chi connectivity index (χ2v) is 7.67. The van der Waals surface area contributed by atoms with Crippen LogP contribution in [0.4, 0.5) is 4.39 Å². The number of amides is 1. The zero-order valence-electron chi connectivity index (χ0n) is 16.7. The Morgan fingerprint density at radius 3 is 2.60 bits per heavy atom. The van der Waals surface area contributed by atoms with Crippen LogP contribution >= 0.6 is 23.2 Å². The molecule has 0 aliphatic carbocycles. The number of hydrogen-bond acceptors (Lipinski definition) is 4. The van der Waals surface area contributed by atoms with Crippen LogP contribution in [-0.2, 0) is 6.42 Å². The molecule has 0 aliphatic heterocycles. The SMILES string of the molecule is Cc1ncc(-c2cncc(C(=O)N(C)C)c2)cc1OCCc1c(Cl)ccc(F)c1Cl. The predicted octanol–water partition coefficient (Wildman–Crippen LogP) is 5.22. The summed E-state index contributed by atoms with van der Waals surface area (Å²) < 4.78 is 19.5. The zero-order valence-corrected chi connectivity index (χ0v) is 18.3. The van der Waals surface area contributed by atoms with Crippen LogP contribution in [0.25, 0.3) is 11.1 Å². The van der Waals surface area contributed by atoms with Crippen molar-refractivity contribution in [3.8, 4) is 16.9 Å². The van der Waals surface area contributed by atoms with Crippen molar-refractivity contribution in [1.29, 1.82) is 0 Å². The van der Waals surface area contributed by atoms with Gasteiger partial charge >= 0.3 is 0 Å². The van der Waals surface area contributed by atoms with Gasteiger partial charge < -0.3 is 9.64 Å². The van der Waals surface area contributed by atoms with Gasteiger partial charge in [-0.15, -0.1) is 0 Å². The monoisotopic (exact) mass is 447 g/mol. The standard InChI is InChI=1S/C22H20Cl2FN3O2/c1-13-20(30-7-6-17-18(23)4-5-19(25)21(17)24)9-15(12-27-13)14-8-16(11-26-10-14)22(29)28(2)3/h4-5,8-12H,6-7H2,1-3H3. The lowest BCUT2D eigenvalue weighted by Gasteiger charge is -2.13. The summed E-state index contributed by atoms with van der Waals surface area (Å²) in [5, 5.41) is 0.394. The van der Waals surface area contributed by atoms with Gasteiger partial charge in [-0.25, -0.2) is 4.39 Å². The molecular formula is C22H20Cl2FN3O2. The number of pyridine rings is 2. The number of carbonyl (C=O) groups excluding carboxylic acids is 1. The van der Waals surface area contributed by atoms with Crippen molar-refractivity contribution in [2.75, 3.05) is 20.7 Å². The fourth-order valence-electron chi connectivity index (χ4n) is 2.85. The van der Waals surface area contributed by atoms with E-state index in [4.69, 9.17) is 27.9 Å². The van der Waals surface area contributed by atoms with Gasteiger partial charge in [0.05, 0.1) is 22.9 Å². The quantitative estimate of drug-likeness (QED) is 0.486. The molecule has 0 unspecified atom stereocenters. The molecule has 0 bridgehead atoms. The first-order chi connectivity index (χ1) is 14.3. The molecule has 0 fully saturated rings. The number of halogens is 3. The second-order valence-electron chi connectivity index (χ2n) is 6.89. The molecule has 1 amide bonds. The molecule has 2 heterocycles. The van der Waals surface area contributed by atoms with E-state index in [2.05, 4.69) is 9.97 Å². The molecule has 8 heteroatoms. The van der Waals surface area contributed by atoms with Crippen molar-refractivity contribution in [3.05, 3.63) is 75.5 Å². The van der Waals surface area contributed by atoms with Crippen molar-refractivity contribution in [2.45, 2.75) is 13.3 Å². The molecule has 1 aromatic carbocycles. The van der Waals surface area contributed by atoms with Gasteiger partial charge in [-0.2, -0.15) is 0 Å². The number of hydrogen-bond donors (Lipinski definition) is 0. The van der Waals surface area contributed by atoms with Crippen LogP contribution in [0.15, 0.2) is 42.9 Å². The van der Waals surface area contributed by atoms with E-state index in [1.165, 1.54) is 23.2 Å². The van der Waals surface area contributed by atoms with Crippen LogP contribution in [0.1, 0.15) is 21.6 Å². The van der Waals surface area contributed by atoms with E-state index in [-0.39, 0.29) is 17.5 Å². The topological polar surface area (TPSA) is 55.3 Å². The normalized spacial score (nSPS) is 10.7. The lowest BCUT2D eigenvalue weighted by Crippen LogP contribution is -2.21. The number of rotatable bonds is 6. The Kier molecular flexibility index (Phi) is 6.90. The molecular weight excluding hydrogens is 428 g/mol. The molecule has 30 heavy (non-hydrogen) atoms. The molecule has 3 aromatic rings. The van der Waals surface area contributed by atoms with Crippen molar-refractivity contribution in [3.63, 3.8) is 0 Å². The van der Waals surface area contributed by atoms with Crippen LogP contribution < -0.4 is 4.74 Å². The zero-order chi connectivity index (χ0) is 21.8. The van der Waals surface area contributed by atoms with E-state index in [1.54, 1.807) is 32.6 Å². The molecule has 0 atom stereocenters. The van der Waals surface area contributed by atoms with Crippen LogP contribution in [0.2, 0.25) is 10.0 Å². The van der Waals surface area contributed by atoms with E-state index in [1.807, 2.05) is 13.0 Å². The maximum absolute atomic E-state index is 13.7. The molecule has 0 saturated heterocycles. The number of benzene rings is 1. The highest BCUT2D eigenvalue weighted by Gasteiger charge is 2.13. The maximum Gasteiger partial charge on any atom is 0.254 e. The van der Waals surface area contributed by atoms with Gasteiger partial charge in [0.15, 0.2) is 0 Å². The molecule has 0 aliphatic rings. The van der Waals surface area contributed by atoms with Crippen molar-refractivity contribution < 1.29 is 13.9 Å². The summed E-state index contributed by atoms with van der Waals surface area (Å²) in [7, 11) is 3.37. The summed E-state index contributed by atoms with van der Waals surface area (Å²) in [4.78, 5) is 22.2. The first-order valence-corrected chi connectivity index (χ1v) is 9.92. The average molecular weight is 448 g/mol. The number of carbonyl (C=O) groups is 1. The molecule has 156 valence electrons. The fraction of sp³-hybridized carbons (Fsp3) is 0.227. The fourth-order valence-corrected chi connectivity index (χ4v) is 3.41. The smallest absolute Gasteiger partial charge is 0.254 e. The summed E-state index contributed by atoms with van der Waals surface area (Å²) in [6.45, 7) is 2.07. The third kappa shape index (κ3) is 4.89. The van der Waals surface area contributed by atoms with Gasteiger partial charge in [-0.05, 0) is 36.8 Å². The minimum absolute atomic E-state index is 0.00291. The van der Waals surface area contributed by atoms with Gasteiger partial charge in [0.2, 0.25) is 0 Å². The lowest BCUT2D eigenvalue weighted by molar-refractivity contribution is 0.0827. The Balaban J connectivity index is 1.79. The Labute approximate surface area is 184 Å². The van der Waals surface area contributed by atoms with Gasteiger partial charge in [0.25, 0.3) is 5.91 Å². The van der Waals surface area contributed by atoms with E-state index in [0.717, 1.165) is 11.1 Å². The van der Waals surface area contributed by atoms with Crippen molar-refractivity contribution in [2.24, 2.45) is 0 Å². The third-order valence-corrected chi connectivity index (χ3v) is 5.28. The highest BCUT2D eigenvalue weighted by atomic mass is 35.5. The summed E-state index contributed by atoms with van der Waals surface area (Å²) in [6.07, 6.45) is 5.23. The minimum Gasteiger partial charge on any atom is -0.491 e. The highest BCUT2D eigenvalue weighted by molar-refractivity contribution is 6.36. The summed E-state index contributed by atoms with van der Waals surface area (Å²) in [5.41, 5.74) is 3.19. The van der Waals surface area contributed by atoms with Gasteiger partial charge in [0, 0.05) is 55.3 Å². The third-order valence-electron chi connectivity index (χ3n) is 4.51. The molecule has 0 N–H and O–H groups in total. The average Bonchev–Trinajstić information content (AvgIpc) is 2.74. The van der Waals surface area contributed by atoms with Crippen LogP contribution in [0.5, 0.6) is 5.75 Å². The summed E-state index contributed by atoms with van der Waals surface area (Å²) in [6, 6.07) is 6.30. The Morgan fingerprint density at radius 2 is 1.87 bits per heavy atom. The minimum atomic E-state index is -0.518. The molecule has 2 aromatic heterocycles. The van der Waals surface area contributed by atoms with Crippen LogP contribution in [0.3, 0.4) is 0 Å². The number of ether oxygens (including phenoxy) is 1. The van der Waals surface area contributed by atoms with Crippen LogP contribution in [-0.4, -0.2) is 41.5 Å².